The Kier molecular flexibility index (Phi) is 6.25. The van der Waals surface area contributed by atoms with Crippen molar-refractivity contribution in [2.45, 2.75) is 65.0 Å². The molecule has 3 aromatic rings. The Morgan fingerprint density at radius 1 is 0.971 bits per heavy atom. The molecule has 34 heavy (non-hydrogen) atoms. The highest BCUT2D eigenvalue weighted by atomic mass is 16.2. The van der Waals surface area contributed by atoms with E-state index in [4.69, 9.17) is 0 Å². The summed E-state index contributed by atoms with van der Waals surface area (Å²) in [6.07, 6.45) is 5.90. The zero-order valence-electron chi connectivity index (χ0n) is 20.4. The average Bonchev–Trinajstić information content (AvgIpc) is 3.24. The van der Waals surface area contributed by atoms with Crippen LogP contribution in [0.5, 0.6) is 0 Å². The van der Waals surface area contributed by atoms with Crippen molar-refractivity contribution in [2.75, 3.05) is 26.2 Å². The normalized spacial score (nSPS) is 19.0. The first-order valence-corrected chi connectivity index (χ1v) is 12.5. The van der Waals surface area contributed by atoms with Gasteiger partial charge in [0, 0.05) is 19.1 Å². The van der Waals surface area contributed by atoms with Crippen molar-refractivity contribution in [1.82, 2.24) is 29.4 Å². The molecule has 0 N–H and O–H groups in total. The van der Waals surface area contributed by atoms with E-state index in [1.54, 1.807) is 11.6 Å². The van der Waals surface area contributed by atoms with E-state index in [9.17, 15) is 9.59 Å². The van der Waals surface area contributed by atoms with Gasteiger partial charge in [0.05, 0.1) is 22.5 Å². The molecule has 0 radical (unpaired) electrons. The van der Waals surface area contributed by atoms with E-state index < -0.39 is 6.04 Å². The molecule has 5 rings (SSSR count). The monoisotopic (exact) mass is 462 g/mol. The minimum Gasteiger partial charge on any atom is -0.341 e. The van der Waals surface area contributed by atoms with E-state index in [0.717, 1.165) is 42.7 Å². The summed E-state index contributed by atoms with van der Waals surface area (Å²) in [6.45, 7) is 9.45. The molecule has 0 aliphatic carbocycles. The van der Waals surface area contributed by atoms with Crippen LogP contribution in [0.4, 0.5) is 0 Å². The fraction of sp³-hybridized carbons (Fsp3) is 0.538. The summed E-state index contributed by atoms with van der Waals surface area (Å²) in [6, 6.07) is 9.66. The third-order valence-corrected chi connectivity index (χ3v) is 7.55. The Balaban J connectivity index is 1.38. The molecule has 0 unspecified atom stereocenters. The maximum absolute atomic E-state index is 13.4. The smallest absolute Gasteiger partial charge is 0.295 e. The summed E-state index contributed by atoms with van der Waals surface area (Å²) in [5, 5.41) is 9.96. The lowest BCUT2D eigenvalue weighted by Crippen LogP contribution is -2.50. The minimum atomic E-state index is -0.663. The van der Waals surface area contributed by atoms with Crippen LogP contribution in [0, 0.1) is 13.8 Å². The molecule has 8 heteroatoms. The molecule has 0 saturated carbocycles. The summed E-state index contributed by atoms with van der Waals surface area (Å²) in [4.78, 5) is 31.3. The second-order valence-corrected chi connectivity index (χ2v) is 9.72. The second kappa shape index (κ2) is 9.33. The van der Waals surface area contributed by atoms with E-state index in [1.807, 2.05) is 49.1 Å². The highest BCUT2D eigenvalue weighted by Crippen LogP contribution is 2.24. The lowest BCUT2D eigenvalue weighted by Gasteiger charge is -2.40. The number of aryl methyl sites for hydroxylation is 2. The highest BCUT2D eigenvalue weighted by Gasteiger charge is 2.31. The predicted octanol–water partition coefficient (Wildman–Crippen LogP) is 3.24. The third kappa shape index (κ3) is 4.04. The maximum Gasteiger partial charge on any atom is 0.295 e. The molecule has 180 valence electrons. The van der Waals surface area contributed by atoms with Crippen molar-refractivity contribution in [2.24, 2.45) is 0 Å². The van der Waals surface area contributed by atoms with Crippen molar-refractivity contribution in [3.63, 3.8) is 0 Å². The standard InChI is InChI=1S/C26H34N6O2/c1-18-23-19(2)31(22-10-6-4-7-11-22)28-24(23)26(34)32(27-18)20(3)25(33)30-16-12-21(13-17-30)29-14-8-5-9-15-29/h4,6-7,10-11,20-21H,5,8-9,12-17H2,1-3H3/t20-/m0/s1. The molecule has 0 bridgehead atoms. The fourth-order valence-corrected chi connectivity index (χ4v) is 5.64. The van der Waals surface area contributed by atoms with Crippen LogP contribution in [0.1, 0.15) is 56.5 Å². The maximum atomic E-state index is 13.4. The molecule has 1 amide bonds. The van der Waals surface area contributed by atoms with Crippen LogP contribution in [-0.2, 0) is 4.79 Å². The molecule has 2 saturated heterocycles. The first-order chi connectivity index (χ1) is 16.5. The lowest BCUT2D eigenvalue weighted by atomic mass is 9.99. The number of benzene rings is 1. The van der Waals surface area contributed by atoms with Crippen LogP contribution in [0.15, 0.2) is 35.1 Å². The average molecular weight is 463 g/mol. The molecule has 2 aromatic heterocycles. The molecule has 8 nitrogen and oxygen atoms in total. The topological polar surface area (TPSA) is 76.3 Å². The van der Waals surface area contributed by atoms with Gasteiger partial charge in [0.25, 0.3) is 5.56 Å². The van der Waals surface area contributed by atoms with E-state index in [-0.39, 0.29) is 11.5 Å². The molecule has 2 aliphatic heterocycles. The van der Waals surface area contributed by atoms with Gasteiger partial charge >= 0.3 is 0 Å². The van der Waals surface area contributed by atoms with Crippen LogP contribution in [0.3, 0.4) is 0 Å². The van der Waals surface area contributed by atoms with E-state index in [1.165, 1.54) is 37.0 Å². The lowest BCUT2D eigenvalue weighted by molar-refractivity contribution is -0.136. The molecule has 2 fully saturated rings. The number of hydrogen-bond donors (Lipinski definition) is 0. The molecule has 0 spiro atoms. The van der Waals surface area contributed by atoms with Gasteiger partial charge in [-0.1, -0.05) is 24.6 Å². The van der Waals surface area contributed by atoms with Gasteiger partial charge in [0.2, 0.25) is 5.91 Å². The summed E-state index contributed by atoms with van der Waals surface area (Å²) in [7, 11) is 0. The second-order valence-electron chi connectivity index (χ2n) is 9.72. The van der Waals surface area contributed by atoms with Crippen LogP contribution >= 0.6 is 0 Å². The van der Waals surface area contributed by atoms with Crippen molar-refractivity contribution in [1.29, 1.82) is 0 Å². The van der Waals surface area contributed by atoms with Crippen molar-refractivity contribution in [3.05, 3.63) is 52.1 Å². The van der Waals surface area contributed by atoms with Crippen molar-refractivity contribution >= 4 is 16.8 Å². The fourth-order valence-electron chi connectivity index (χ4n) is 5.64. The van der Waals surface area contributed by atoms with Crippen LogP contribution < -0.4 is 5.56 Å². The summed E-state index contributed by atoms with van der Waals surface area (Å²) < 4.78 is 3.11. The van der Waals surface area contributed by atoms with E-state index in [2.05, 4.69) is 15.1 Å². The van der Waals surface area contributed by atoms with Gasteiger partial charge in [-0.3, -0.25) is 9.59 Å². The Labute approximate surface area is 200 Å². The zero-order chi connectivity index (χ0) is 23.8. The van der Waals surface area contributed by atoms with Crippen LogP contribution in [-0.4, -0.2) is 67.5 Å². The Bertz CT molecular complexity index is 1230. The Hall–Kier alpha value is -3.00. The van der Waals surface area contributed by atoms with E-state index >= 15 is 0 Å². The summed E-state index contributed by atoms with van der Waals surface area (Å²) >= 11 is 0. The first kappa shape index (κ1) is 22.8. The van der Waals surface area contributed by atoms with Crippen LogP contribution in [0.2, 0.25) is 0 Å². The number of fused-ring (bicyclic) bond motifs is 1. The number of likely N-dealkylation sites (tertiary alicyclic amines) is 2. The van der Waals surface area contributed by atoms with Crippen molar-refractivity contribution < 1.29 is 4.79 Å². The molecule has 1 atom stereocenters. The largest absolute Gasteiger partial charge is 0.341 e. The number of para-hydroxylation sites is 1. The van der Waals surface area contributed by atoms with Gasteiger partial charge in [-0.25, -0.2) is 9.36 Å². The number of carbonyl (C=O) groups is 1. The summed E-state index contributed by atoms with van der Waals surface area (Å²) in [5.41, 5.74) is 2.51. The van der Waals surface area contributed by atoms with Gasteiger partial charge in [0.1, 0.15) is 6.04 Å². The number of rotatable bonds is 4. The molecule has 1 aromatic carbocycles. The van der Waals surface area contributed by atoms with E-state index in [0.29, 0.717) is 17.3 Å². The number of aromatic nitrogens is 4. The molecular formula is C26H34N6O2. The molecule has 2 aliphatic rings. The van der Waals surface area contributed by atoms with Gasteiger partial charge in [-0.05, 0) is 71.7 Å². The predicted molar refractivity (Wildman–Crippen MR) is 132 cm³/mol. The number of piperidine rings is 2. The minimum absolute atomic E-state index is 0.0374. The van der Waals surface area contributed by atoms with Crippen molar-refractivity contribution in [3.8, 4) is 5.69 Å². The SMILES string of the molecule is Cc1nn([C@@H](C)C(=O)N2CCC(N3CCCCC3)CC2)c(=O)c2nn(-c3ccccc3)c(C)c12. The Morgan fingerprint density at radius 2 is 1.65 bits per heavy atom. The first-order valence-electron chi connectivity index (χ1n) is 12.5. The summed E-state index contributed by atoms with van der Waals surface area (Å²) in [5.74, 6) is -0.0374. The van der Waals surface area contributed by atoms with Gasteiger partial charge < -0.3 is 9.80 Å². The highest BCUT2D eigenvalue weighted by molar-refractivity contribution is 5.84. The quantitative estimate of drug-likeness (QED) is 0.595. The third-order valence-electron chi connectivity index (χ3n) is 7.55. The Morgan fingerprint density at radius 3 is 2.32 bits per heavy atom. The zero-order valence-corrected chi connectivity index (χ0v) is 20.4. The molecule has 4 heterocycles. The van der Waals surface area contributed by atoms with Gasteiger partial charge in [-0.15, -0.1) is 0 Å². The number of carbonyl (C=O) groups excluding carboxylic acids is 1. The molecular weight excluding hydrogens is 428 g/mol. The van der Waals surface area contributed by atoms with Crippen LogP contribution in [0.25, 0.3) is 16.6 Å². The number of amides is 1. The number of nitrogens with zero attached hydrogens (tertiary/aromatic N) is 6. The number of hydrogen-bond acceptors (Lipinski definition) is 5. The van der Waals surface area contributed by atoms with Gasteiger partial charge in [-0.2, -0.15) is 10.2 Å². The van der Waals surface area contributed by atoms with Gasteiger partial charge in [0.15, 0.2) is 5.52 Å².